The van der Waals surface area contributed by atoms with E-state index in [1.54, 1.807) is 0 Å². The topological polar surface area (TPSA) is 84.3 Å². The van der Waals surface area contributed by atoms with Gasteiger partial charge >= 0.3 is 5.97 Å². The second-order valence-corrected chi connectivity index (χ2v) is 6.34. The van der Waals surface area contributed by atoms with Crippen molar-refractivity contribution in [2.75, 3.05) is 12.4 Å². The molecule has 0 saturated heterocycles. The van der Waals surface area contributed by atoms with Crippen LogP contribution >= 0.6 is 11.6 Å². The molecule has 2 fully saturated rings. The number of anilines is 1. The highest BCUT2D eigenvalue weighted by Gasteiger charge is 2.31. The SMILES string of the molecule is COC(=O)c1nc(C2CC2)nc(N[C@H]2CCCC[C@@H]2O)c1Cl. The molecule has 1 heterocycles. The van der Waals surface area contributed by atoms with Crippen LogP contribution in [0.15, 0.2) is 0 Å². The first-order valence-electron chi connectivity index (χ1n) is 7.70. The Kier molecular flexibility index (Phi) is 4.49. The summed E-state index contributed by atoms with van der Waals surface area (Å²) in [6.45, 7) is 0. The zero-order valence-corrected chi connectivity index (χ0v) is 13.3. The van der Waals surface area contributed by atoms with Crippen LogP contribution in [0.1, 0.15) is 60.8 Å². The van der Waals surface area contributed by atoms with Crippen LogP contribution in [-0.2, 0) is 4.74 Å². The number of nitrogens with zero attached hydrogens (tertiary/aromatic N) is 2. The average Bonchev–Trinajstić information content (AvgIpc) is 3.35. The molecule has 1 aromatic rings. The summed E-state index contributed by atoms with van der Waals surface area (Å²) in [5.41, 5.74) is 0.0915. The van der Waals surface area contributed by atoms with Crippen molar-refractivity contribution in [1.29, 1.82) is 0 Å². The summed E-state index contributed by atoms with van der Waals surface area (Å²) >= 11 is 6.28. The van der Waals surface area contributed by atoms with Gasteiger partial charge in [-0.05, 0) is 25.7 Å². The van der Waals surface area contributed by atoms with Gasteiger partial charge in [0.25, 0.3) is 0 Å². The van der Waals surface area contributed by atoms with Gasteiger partial charge in [0.05, 0.1) is 19.3 Å². The van der Waals surface area contributed by atoms with E-state index in [-0.39, 0.29) is 22.7 Å². The molecule has 3 rings (SSSR count). The van der Waals surface area contributed by atoms with Crippen LogP contribution in [0.5, 0.6) is 0 Å². The molecular weight excluding hydrogens is 306 g/mol. The Hall–Kier alpha value is -1.40. The van der Waals surface area contributed by atoms with Gasteiger partial charge in [-0.15, -0.1) is 0 Å². The molecule has 2 N–H and O–H groups in total. The van der Waals surface area contributed by atoms with Crippen LogP contribution in [0.4, 0.5) is 5.82 Å². The maximum absolute atomic E-state index is 11.9. The molecule has 120 valence electrons. The summed E-state index contributed by atoms with van der Waals surface area (Å²) < 4.78 is 4.75. The number of ether oxygens (including phenoxy) is 1. The number of aromatic nitrogens is 2. The van der Waals surface area contributed by atoms with E-state index >= 15 is 0 Å². The summed E-state index contributed by atoms with van der Waals surface area (Å²) in [7, 11) is 1.30. The van der Waals surface area contributed by atoms with Crippen molar-refractivity contribution in [3.8, 4) is 0 Å². The molecule has 2 aliphatic rings. The molecule has 7 heteroatoms. The minimum absolute atomic E-state index is 0.0915. The van der Waals surface area contributed by atoms with Crippen LogP contribution in [0.3, 0.4) is 0 Å². The monoisotopic (exact) mass is 325 g/mol. The number of nitrogens with one attached hydrogen (secondary N) is 1. The van der Waals surface area contributed by atoms with Crippen LogP contribution in [0, 0.1) is 0 Å². The van der Waals surface area contributed by atoms with E-state index in [1.807, 2.05) is 0 Å². The van der Waals surface area contributed by atoms with E-state index in [9.17, 15) is 9.90 Å². The number of methoxy groups -OCH3 is 1. The Morgan fingerprint density at radius 2 is 2.00 bits per heavy atom. The molecule has 0 bridgehead atoms. The fourth-order valence-electron chi connectivity index (χ4n) is 2.77. The minimum Gasteiger partial charge on any atom is -0.464 e. The summed E-state index contributed by atoms with van der Waals surface area (Å²) in [6.07, 6.45) is 5.31. The fraction of sp³-hybridized carbons (Fsp3) is 0.667. The number of aliphatic hydroxyl groups is 1. The highest BCUT2D eigenvalue weighted by Crippen LogP contribution is 2.40. The second-order valence-electron chi connectivity index (χ2n) is 5.96. The van der Waals surface area contributed by atoms with Gasteiger partial charge in [-0.2, -0.15) is 0 Å². The van der Waals surface area contributed by atoms with Crippen LogP contribution in [0.25, 0.3) is 0 Å². The van der Waals surface area contributed by atoms with Crippen molar-refractivity contribution in [3.63, 3.8) is 0 Å². The number of hydrogen-bond acceptors (Lipinski definition) is 6. The van der Waals surface area contributed by atoms with E-state index < -0.39 is 12.1 Å². The lowest BCUT2D eigenvalue weighted by atomic mass is 9.92. The maximum Gasteiger partial charge on any atom is 0.358 e. The summed E-state index contributed by atoms with van der Waals surface area (Å²) in [6, 6.07) is -0.0984. The average molecular weight is 326 g/mol. The van der Waals surface area contributed by atoms with Crippen molar-refractivity contribution in [3.05, 3.63) is 16.5 Å². The smallest absolute Gasteiger partial charge is 0.358 e. The Morgan fingerprint density at radius 1 is 1.27 bits per heavy atom. The van der Waals surface area contributed by atoms with E-state index in [0.717, 1.165) is 38.5 Å². The van der Waals surface area contributed by atoms with E-state index in [2.05, 4.69) is 15.3 Å². The molecule has 2 aliphatic carbocycles. The number of esters is 1. The lowest BCUT2D eigenvalue weighted by Crippen LogP contribution is -2.36. The second kappa shape index (κ2) is 6.38. The number of aliphatic hydroxyl groups excluding tert-OH is 1. The lowest BCUT2D eigenvalue weighted by Gasteiger charge is -2.29. The molecule has 0 radical (unpaired) electrons. The Balaban J connectivity index is 1.91. The highest BCUT2D eigenvalue weighted by atomic mass is 35.5. The van der Waals surface area contributed by atoms with Gasteiger partial charge in [0.2, 0.25) is 0 Å². The number of carbonyl (C=O) groups excluding carboxylic acids is 1. The zero-order valence-electron chi connectivity index (χ0n) is 12.5. The van der Waals surface area contributed by atoms with E-state index in [0.29, 0.717) is 11.6 Å². The Morgan fingerprint density at radius 3 is 2.64 bits per heavy atom. The van der Waals surface area contributed by atoms with Gasteiger partial charge in [-0.1, -0.05) is 24.4 Å². The molecular formula is C15H20ClN3O3. The van der Waals surface area contributed by atoms with Gasteiger partial charge < -0.3 is 15.2 Å². The summed E-state index contributed by atoms with van der Waals surface area (Å²) in [5, 5.41) is 13.5. The largest absolute Gasteiger partial charge is 0.464 e. The standard InChI is InChI=1S/C15H20ClN3O3/c1-22-15(21)12-11(16)14(19-13(18-12)8-6-7-8)17-9-4-2-3-5-10(9)20/h8-10,20H,2-7H2,1H3,(H,17,18,19)/t9-,10-/m0/s1. The molecule has 0 unspecified atom stereocenters. The highest BCUT2D eigenvalue weighted by molar-refractivity contribution is 6.35. The molecule has 1 aromatic heterocycles. The normalized spacial score (nSPS) is 24.9. The molecule has 0 amide bonds. The van der Waals surface area contributed by atoms with Crippen LogP contribution < -0.4 is 5.32 Å². The van der Waals surface area contributed by atoms with Crippen LogP contribution in [0.2, 0.25) is 5.02 Å². The van der Waals surface area contributed by atoms with E-state index in [1.165, 1.54) is 7.11 Å². The first kappa shape index (κ1) is 15.5. The van der Waals surface area contributed by atoms with Crippen molar-refractivity contribution in [1.82, 2.24) is 9.97 Å². The minimum atomic E-state index is -0.568. The van der Waals surface area contributed by atoms with Crippen LogP contribution in [-0.4, -0.2) is 40.3 Å². The molecule has 2 saturated carbocycles. The first-order chi connectivity index (χ1) is 10.6. The van der Waals surface area contributed by atoms with Gasteiger partial charge in [0.15, 0.2) is 5.69 Å². The number of carbonyl (C=O) groups is 1. The first-order valence-corrected chi connectivity index (χ1v) is 8.08. The lowest BCUT2D eigenvalue weighted by molar-refractivity contribution is 0.0593. The maximum atomic E-state index is 11.9. The zero-order chi connectivity index (χ0) is 15.7. The van der Waals surface area contributed by atoms with Crippen molar-refractivity contribution in [2.24, 2.45) is 0 Å². The van der Waals surface area contributed by atoms with Gasteiger partial charge in [0, 0.05) is 5.92 Å². The molecule has 0 aromatic carbocycles. The molecule has 0 spiro atoms. The predicted octanol–water partition coefficient (Wildman–Crippen LogP) is 2.51. The van der Waals surface area contributed by atoms with Crippen molar-refractivity contribution < 1.29 is 14.6 Å². The van der Waals surface area contributed by atoms with Crippen molar-refractivity contribution >= 4 is 23.4 Å². The van der Waals surface area contributed by atoms with Gasteiger partial charge in [-0.25, -0.2) is 14.8 Å². The number of hydrogen-bond donors (Lipinski definition) is 2. The van der Waals surface area contributed by atoms with Gasteiger partial charge in [-0.3, -0.25) is 0 Å². The number of halogens is 1. The van der Waals surface area contributed by atoms with E-state index in [4.69, 9.17) is 16.3 Å². The fourth-order valence-corrected chi connectivity index (χ4v) is 2.99. The quantitative estimate of drug-likeness (QED) is 0.827. The van der Waals surface area contributed by atoms with Crippen molar-refractivity contribution in [2.45, 2.75) is 56.6 Å². The molecule has 0 aliphatic heterocycles. The summed E-state index contributed by atoms with van der Waals surface area (Å²) in [5.74, 6) is 0.765. The molecule has 2 atom stereocenters. The third-order valence-electron chi connectivity index (χ3n) is 4.24. The van der Waals surface area contributed by atoms with Gasteiger partial charge in [0.1, 0.15) is 16.7 Å². The molecule has 6 nitrogen and oxygen atoms in total. The Bertz CT molecular complexity index is 577. The predicted molar refractivity (Wildman–Crippen MR) is 82.2 cm³/mol. The third kappa shape index (κ3) is 3.17. The number of rotatable bonds is 4. The third-order valence-corrected chi connectivity index (χ3v) is 4.60. The Labute approximate surface area is 134 Å². The summed E-state index contributed by atoms with van der Waals surface area (Å²) in [4.78, 5) is 20.6. The molecule has 22 heavy (non-hydrogen) atoms.